The third-order valence-corrected chi connectivity index (χ3v) is 8.80. The summed E-state index contributed by atoms with van der Waals surface area (Å²) in [4.78, 5) is 45.7. The molecule has 9 heteroatoms. The Balaban J connectivity index is 1.70. The molecule has 2 saturated heterocycles. The van der Waals surface area contributed by atoms with E-state index in [1.807, 2.05) is 51.1 Å². The number of aliphatic hydroxyl groups is 1. The fraction of sp³-hybridized carbons (Fsp3) is 0.567. The number of hydrogen-bond acceptors (Lipinski definition) is 6. The maximum Gasteiger partial charge on any atom is 0.313 e. The van der Waals surface area contributed by atoms with E-state index >= 15 is 0 Å². The number of carbonyl (C=O) groups is 3. The summed E-state index contributed by atoms with van der Waals surface area (Å²) in [6.07, 6.45) is 9.29. The average molecular weight is 557 g/mol. The summed E-state index contributed by atoms with van der Waals surface area (Å²) < 4.78 is 12.5. The molecule has 1 spiro atoms. The highest BCUT2D eigenvalue weighted by molar-refractivity contribution is 6.34. The van der Waals surface area contributed by atoms with Gasteiger partial charge in [0, 0.05) is 6.54 Å². The summed E-state index contributed by atoms with van der Waals surface area (Å²) in [6, 6.07) is 3.70. The molecule has 1 aromatic rings. The lowest BCUT2D eigenvalue weighted by Crippen LogP contribution is -2.59. The Morgan fingerprint density at radius 2 is 1.90 bits per heavy atom. The van der Waals surface area contributed by atoms with Crippen LogP contribution in [0.3, 0.4) is 0 Å². The lowest BCUT2D eigenvalue weighted by Gasteiger charge is -2.40. The summed E-state index contributed by atoms with van der Waals surface area (Å²) in [5, 5.41) is 10.9. The van der Waals surface area contributed by atoms with Crippen LogP contribution in [-0.2, 0) is 23.9 Å². The number of rotatable bonds is 5. The number of carbonyl (C=O) groups excluding carboxylic acids is 3. The molecule has 1 unspecified atom stereocenters. The SMILES string of the molecule is Cc1cccc(Cl)c1N1CC=C[C@]23O[C@]4(C)/C=C\CCCOC(=O)[C@@H]4[C@H]2C(=O)N([C@@H](CO)CC(C)C)C3C1=O. The van der Waals surface area contributed by atoms with Crippen LogP contribution in [-0.4, -0.2) is 70.8 Å². The number of allylic oxidation sites excluding steroid dienone is 1. The highest BCUT2D eigenvalue weighted by Crippen LogP contribution is 2.58. The van der Waals surface area contributed by atoms with Crippen molar-refractivity contribution < 1.29 is 29.0 Å². The van der Waals surface area contributed by atoms with Crippen LogP contribution in [0, 0.1) is 24.7 Å². The molecule has 1 N–H and O–H groups in total. The molecule has 0 bridgehead atoms. The minimum atomic E-state index is -1.43. The summed E-state index contributed by atoms with van der Waals surface area (Å²) >= 11 is 6.61. The van der Waals surface area contributed by atoms with Crippen LogP contribution in [0.2, 0.25) is 5.02 Å². The molecule has 1 aromatic carbocycles. The maximum absolute atomic E-state index is 14.7. The Morgan fingerprint density at radius 3 is 2.59 bits per heavy atom. The van der Waals surface area contributed by atoms with Gasteiger partial charge in [0.05, 0.1) is 41.5 Å². The lowest BCUT2D eigenvalue weighted by molar-refractivity contribution is -0.159. The number of amides is 2. The molecule has 0 saturated carbocycles. The molecule has 4 aliphatic heterocycles. The van der Waals surface area contributed by atoms with Crippen LogP contribution in [0.5, 0.6) is 0 Å². The first kappa shape index (κ1) is 27.9. The quantitative estimate of drug-likeness (QED) is 0.437. The predicted molar refractivity (Wildman–Crippen MR) is 147 cm³/mol. The van der Waals surface area contributed by atoms with Crippen molar-refractivity contribution in [3.05, 3.63) is 53.1 Å². The van der Waals surface area contributed by atoms with Crippen LogP contribution < -0.4 is 4.90 Å². The zero-order valence-electron chi connectivity index (χ0n) is 22.9. The van der Waals surface area contributed by atoms with Gasteiger partial charge in [-0.25, -0.2) is 0 Å². The number of cyclic esters (lactones) is 1. The number of para-hydroxylation sites is 1. The third-order valence-electron chi connectivity index (χ3n) is 8.49. The monoisotopic (exact) mass is 556 g/mol. The van der Waals surface area contributed by atoms with Gasteiger partial charge in [-0.05, 0) is 50.7 Å². The summed E-state index contributed by atoms with van der Waals surface area (Å²) in [5.74, 6) is -3.04. The molecule has 4 aliphatic rings. The second-order valence-electron chi connectivity index (χ2n) is 11.7. The number of benzene rings is 1. The van der Waals surface area contributed by atoms with Gasteiger partial charge < -0.3 is 24.4 Å². The van der Waals surface area contributed by atoms with Gasteiger partial charge in [-0.2, -0.15) is 0 Å². The smallest absolute Gasteiger partial charge is 0.313 e. The Hall–Kier alpha value is -2.68. The van der Waals surface area contributed by atoms with E-state index in [1.54, 1.807) is 24.0 Å². The summed E-state index contributed by atoms with van der Waals surface area (Å²) in [5.41, 5.74) is -1.20. The van der Waals surface area contributed by atoms with Gasteiger partial charge in [0.1, 0.15) is 17.6 Å². The van der Waals surface area contributed by atoms with Crippen molar-refractivity contribution in [2.24, 2.45) is 17.8 Å². The molecule has 5 rings (SSSR count). The van der Waals surface area contributed by atoms with E-state index in [0.717, 1.165) is 5.56 Å². The molecule has 0 aliphatic carbocycles. The Labute approximate surface area is 234 Å². The van der Waals surface area contributed by atoms with Crippen molar-refractivity contribution in [2.45, 2.75) is 70.2 Å². The largest absolute Gasteiger partial charge is 0.465 e. The van der Waals surface area contributed by atoms with Gasteiger partial charge in [0.2, 0.25) is 5.91 Å². The number of nitrogens with zero attached hydrogens (tertiary/aromatic N) is 2. The fourth-order valence-corrected chi connectivity index (χ4v) is 7.28. The van der Waals surface area contributed by atoms with Crippen LogP contribution in [0.1, 0.15) is 45.6 Å². The van der Waals surface area contributed by atoms with E-state index in [-0.39, 0.29) is 37.5 Å². The Morgan fingerprint density at radius 1 is 1.13 bits per heavy atom. The lowest BCUT2D eigenvalue weighted by atomic mass is 9.74. The third kappa shape index (κ3) is 4.41. The van der Waals surface area contributed by atoms with Gasteiger partial charge in [0.25, 0.3) is 5.91 Å². The van der Waals surface area contributed by atoms with Crippen molar-refractivity contribution in [2.75, 3.05) is 24.7 Å². The van der Waals surface area contributed by atoms with Crippen LogP contribution in [0.25, 0.3) is 0 Å². The zero-order chi connectivity index (χ0) is 28.1. The van der Waals surface area contributed by atoms with Crippen molar-refractivity contribution in [3.8, 4) is 0 Å². The van der Waals surface area contributed by atoms with Crippen LogP contribution in [0.15, 0.2) is 42.5 Å². The second kappa shape index (κ2) is 10.4. The molecule has 0 aromatic heterocycles. The van der Waals surface area contributed by atoms with E-state index < -0.39 is 41.1 Å². The number of aliphatic hydroxyl groups excluding tert-OH is 1. The maximum atomic E-state index is 14.7. The molecular formula is C30H37ClN2O6. The first-order chi connectivity index (χ1) is 18.6. The second-order valence-corrected chi connectivity index (χ2v) is 12.1. The topological polar surface area (TPSA) is 96.4 Å². The number of esters is 1. The standard InChI is InChI=1S/C30H37ClN2O6/c1-18(2)16-20(17-34)33-25-27(36)32(24-19(3)10-8-11-21(24)31)14-9-13-30(25)22(26(33)35)23-28(37)38-15-7-5-6-12-29(23,4)39-30/h6,8-13,18,20,22-23,25,34H,5,7,14-17H2,1-4H3/b12-6-/t20-,22+,23+,25?,29-,30+/m1/s1. The molecule has 4 heterocycles. The van der Waals surface area contributed by atoms with E-state index in [2.05, 4.69) is 0 Å². The van der Waals surface area contributed by atoms with E-state index in [1.165, 1.54) is 4.90 Å². The normalized spacial score (nSPS) is 34.0. The zero-order valence-corrected chi connectivity index (χ0v) is 23.7. The number of likely N-dealkylation sites (tertiary alicyclic amines) is 1. The molecule has 0 radical (unpaired) electrons. The highest BCUT2D eigenvalue weighted by Gasteiger charge is 2.75. The number of halogens is 1. The number of fused-ring (bicyclic) bond motifs is 2. The van der Waals surface area contributed by atoms with Gasteiger partial charge in [0.15, 0.2) is 0 Å². The van der Waals surface area contributed by atoms with Crippen molar-refractivity contribution in [3.63, 3.8) is 0 Å². The van der Waals surface area contributed by atoms with E-state index in [9.17, 15) is 19.5 Å². The molecule has 39 heavy (non-hydrogen) atoms. The summed E-state index contributed by atoms with van der Waals surface area (Å²) in [6.45, 7) is 7.82. The van der Waals surface area contributed by atoms with E-state index in [4.69, 9.17) is 21.1 Å². The van der Waals surface area contributed by atoms with Crippen LogP contribution >= 0.6 is 11.6 Å². The average Bonchev–Trinajstić information content (AvgIpc) is 3.23. The predicted octanol–water partition coefficient (Wildman–Crippen LogP) is 3.82. The minimum Gasteiger partial charge on any atom is -0.465 e. The molecule has 6 atom stereocenters. The van der Waals surface area contributed by atoms with Crippen molar-refractivity contribution in [1.29, 1.82) is 0 Å². The number of aryl methyl sites for hydroxylation is 1. The number of anilines is 1. The first-order valence-corrected chi connectivity index (χ1v) is 14.1. The highest BCUT2D eigenvalue weighted by atomic mass is 35.5. The number of ether oxygens (including phenoxy) is 2. The molecule has 8 nitrogen and oxygen atoms in total. The Kier molecular flexibility index (Phi) is 7.42. The van der Waals surface area contributed by atoms with Crippen LogP contribution in [0.4, 0.5) is 5.69 Å². The fourth-order valence-electron chi connectivity index (χ4n) is 6.95. The van der Waals surface area contributed by atoms with Crippen molar-refractivity contribution >= 4 is 35.1 Å². The molecule has 2 amide bonds. The molecule has 210 valence electrons. The molecule has 2 fully saturated rings. The minimum absolute atomic E-state index is 0.147. The Bertz CT molecular complexity index is 1210. The van der Waals surface area contributed by atoms with Gasteiger partial charge in [-0.15, -0.1) is 0 Å². The van der Waals surface area contributed by atoms with Gasteiger partial charge >= 0.3 is 5.97 Å². The van der Waals surface area contributed by atoms with Gasteiger partial charge in [-0.1, -0.05) is 61.9 Å². The van der Waals surface area contributed by atoms with Gasteiger partial charge in [-0.3, -0.25) is 14.4 Å². The molecular weight excluding hydrogens is 520 g/mol. The summed E-state index contributed by atoms with van der Waals surface area (Å²) in [7, 11) is 0. The number of hydrogen-bond donors (Lipinski definition) is 1. The van der Waals surface area contributed by atoms with Crippen molar-refractivity contribution in [1.82, 2.24) is 4.90 Å². The first-order valence-electron chi connectivity index (χ1n) is 13.8. The van der Waals surface area contributed by atoms with E-state index in [0.29, 0.717) is 30.0 Å².